The molecule has 0 amide bonds. The van der Waals surface area contributed by atoms with Gasteiger partial charge >= 0.3 is 0 Å². The van der Waals surface area contributed by atoms with Crippen LogP contribution in [0, 0.1) is 5.92 Å². The third-order valence-electron chi connectivity index (χ3n) is 3.87. The first-order valence-corrected chi connectivity index (χ1v) is 7.01. The first-order chi connectivity index (χ1) is 9.78. The van der Waals surface area contributed by atoms with E-state index in [0.717, 1.165) is 42.9 Å². The fourth-order valence-electron chi connectivity index (χ4n) is 2.61. The summed E-state index contributed by atoms with van der Waals surface area (Å²) < 4.78 is 5.42. The molecule has 1 aliphatic rings. The average molecular weight is 276 g/mol. The van der Waals surface area contributed by atoms with Gasteiger partial charge in [0.25, 0.3) is 0 Å². The maximum Gasteiger partial charge on any atom is 0.226 e. The maximum absolute atomic E-state index is 5.42. The minimum Gasteiger partial charge on any atom is -0.381 e. The number of rotatable bonds is 4. The summed E-state index contributed by atoms with van der Waals surface area (Å²) in [6, 6.07) is 0.344. The Hall–Kier alpha value is -1.89. The highest BCUT2D eigenvalue weighted by molar-refractivity contribution is 5.87. The lowest BCUT2D eigenvalue weighted by Crippen LogP contribution is -2.31. The summed E-state index contributed by atoms with van der Waals surface area (Å²) in [5.41, 5.74) is 0.742. The van der Waals surface area contributed by atoms with Crippen molar-refractivity contribution in [3.8, 4) is 0 Å². The van der Waals surface area contributed by atoms with Crippen LogP contribution in [0.3, 0.4) is 0 Å². The number of anilines is 2. The molecule has 0 aliphatic carbocycles. The molecular formula is C13H20N6O. The summed E-state index contributed by atoms with van der Waals surface area (Å²) in [5.74, 6) is 2.02. The van der Waals surface area contributed by atoms with Crippen LogP contribution in [0.2, 0.25) is 0 Å². The molecule has 2 aromatic rings. The van der Waals surface area contributed by atoms with E-state index in [1.165, 1.54) is 0 Å². The zero-order valence-corrected chi connectivity index (χ0v) is 11.8. The maximum atomic E-state index is 5.42. The summed E-state index contributed by atoms with van der Waals surface area (Å²) in [5, 5.41) is 14.3. The van der Waals surface area contributed by atoms with E-state index in [1.54, 1.807) is 6.20 Å². The molecule has 0 aromatic carbocycles. The van der Waals surface area contributed by atoms with Gasteiger partial charge in [0.05, 0.1) is 11.6 Å². The van der Waals surface area contributed by atoms with Crippen LogP contribution in [-0.4, -0.2) is 46.5 Å². The van der Waals surface area contributed by atoms with Crippen LogP contribution in [0.25, 0.3) is 11.0 Å². The third kappa shape index (κ3) is 2.53. The topological polar surface area (TPSA) is 87.8 Å². The number of nitrogens with zero attached hydrogens (tertiary/aromatic N) is 3. The molecule has 1 atom stereocenters. The Kier molecular flexibility index (Phi) is 3.68. The van der Waals surface area contributed by atoms with Gasteiger partial charge in [-0.3, -0.25) is 5.10 Å². The highest BCUT2D eigenvalue weighted by atomic mass is 16.5. The molecular weight excluding hydrogens is 256 g/mol. The van der Waals surface area contributed by atoms with Gasteiger partial charge in [-0.05, 0) is 25.7 Å². The molecule has 3 heterocycles. The number of fused-ring (bicyclic) bond motifs is 1. The fourth-order valence-corrected chi connectivity index (χ4v) is 2.61. The number of hydrogen-bond acceptors (Lipinski definition) is 6. The van der Waals surface area contributed by atoms with Crippen molar-refractivity contribution in [1.29, 1.82) is 0 Å². The number of aromatic nitrogens is 4. The molecule has 7 heteroatoms. The molecule has 7 nitrogen and oxygen atoms in total. The van der Waals surface area contributed by atoms with E-state index in [0.29, 0.717) is 17.9 Å². The van der Waals surface area contributed by atoms with Crippen molar-refractivity contribution in [3.63, 3.8) is 0 Å². The minimum absolute atomic E-state index is 0.344. The molecule has 0 spiro atoms. The standard InChI is InChI=1S/C13H20N6O/c1-8(9-3-5-20-6-4-9)16-11-10-7-15-19-12(10)18-13(14-2)17-11/h7-9H,3-6H2,1-2H3,(H3,14,15,16,17,18,19). The predicted molar refractivity (Wildman–Crippen MR) is 77.9 cm³/mol. The van der Waals surface area contributed by atoms with Gasteiger partial charge in [-0.1, -0.05) is 0 Å². The Morgan fingerprint density at radius 3 is 2.90 bits per heavy atom. The highest BCUT2D eigenvalue weighted by Crippen LogP contribution is 2.25. The second-order valence-electron chi connectivity index (χ2n) is 5.16. The van der Waals surface area contributed by atoms with Crippen molar-refractivity contribution >= 4 is 22.8 Å². The number of aromatic amines is 1. The summed E-state index contributed by atoms with van der Waals surface area (Å²) in [7, 11) is 1.81. The number of nitrogens with one attached hydrogen (secondary N) is 3. The lowest BCUT2D eigenvalue weighted by Gasteiger charge is -2.28. The molecule has 1 saturated heterocycles. The van der Waals surface area contributed by atoms with Crippen LogP contribution in [0.5, 0.6) is 0 Å². The van der Waals surface area contributed by atoms with E-state index >= 15 is 0 Å². The average Bonchev–Trinajstić information content (AvgIpc) is 2.96. The number of H-pyrrole nitrogens is 1. The molecule has 3 N–H and O–H groups in total. The Labute approximate surface area is 117 Å². The Morgan fingerprint density at radius 2 is 2.15 bits per heavy atom. The highest BCUT2D eigenvalue weighted by Gasteiger charge is 2.21. The van der Waals surface area contributed by atoms with Crippen molar-refractivity contribution in [2.75, 3.05) is 30.9 Å². The first-order valence-electron chi connectivity index (χ1n) is 7.01. The lowest BCUT2D eigenvalue weighted by molar-refractivity contribution is 0.0622. The Bertz CT molecular complexity index is 577. The van der Waals surface area contributed by atoms with Gasteiger partial charge in [0, 0.05) is 26.3 Å². The Balaban J connectivity index is 1.83. The number of hydrogen-bond donors (Lipinski definition) is 3. The lowest BCUT2D eigenvalue weighted by atomic mass is 9.93. The molecule has 0 bridgehead atoms. The summed E-state index contributed by atoms with van der Waals surface area (Å²) in [6.07, 6.45) is 3.94. The first kappa shape index (κ1) is 13.1. The van der Waals surface area contributed by atoms with Crippen LogP contribution in [0.15, 0.2) is 6.20 Å². The van der Waals surface area contributed by atoms with Crippen LogP contribution >= 0.6 is 0 Å². The van der Waals surface area contributed by atoms with Gasteiger partial charge in [0.1, 0.15) is 5.82 Å². The molecule has 3 rings (SSSR count). The molecule has 1 fully saturated rings. The number of ether oxygens (including phenoxy) is 1. The van der Waals surface area contributed by atoms with Crippen LogP contribution < -0.4 is 10.6 Å². The minimum atomic E-state index is 0.344. The Morgan fingerprint density at radius 1 is 1.35 bits per heavy atom. The van der Waals surface area contributed by atoms with Gasteiger partial charge in [0.2, 0.25) is 5.95 Å². The fraction of sp³-hybridized carbons (Fsp3) is 0.615. The zero-order valence-electron chi connectivity index (χ0n) is 11.8. The predicted octanol–water partition coefficient (Wildman–Crippen LogP) is 1.62. The molecule has 0 radical (unpaired) electrons. The quantitative estimate of drug-likeness (QED) is 0.786. The van der Waals surface area contributed by atoms with Crippen molar-refractivity contribution in [3.05, 3.63) is 6.20 Å². The third-order valence-corrected chi connectivity index (χ3v) is 3.87. The van der Waals surface area contributed by atoms with E-state index in [9.17, 15) is 0 Å². The van der Waals surface area contributed by atoms with Crippen LogP contribution in [0.1, 0.15) is 19.8 Å². The van der Waals surface area contributed by atoms with E-state index in [1.807, 2.05) is 7.05 Å². The van der Waals surface area contributed by atoms with Crippen molar-refractivity contribution in [2.24, 2.45) is 5.92 Å². The molecule has 108 valence electrons. The largest absolute Gasteiger partial charge is 0.381 e. The van der Waals surface area contributed by atoms with E-state index in [-0.39, 0.29) is 0 Å². The van der Waals surface area contributed by atoms with Gasteiger partial charge in [-0.25, -0.2) is 0 Å². The normalized spacial score (nSPS) is 18.1. The van der Waals surface area contributed by atoms with Crippen LogP contribution in [-0.2, 0) is 4.74 Å². The second kappa shape index (κ2) is 5.62. The van der Waals surface area contributed by atoms with Crippen molar-refractivity contribution < 1.29 is 4.74 Å². The molecule has 20 heavy (non-hydrogen) atoms. The summed E-state index contributed by atoms with van der Waals surface area (Å²) >= 11 is 0. The monoisotopic (exact) mass is 276 g/mol. The second-order valence-corrected chi connectivity index (χ2v) is 5.16. The van der Waals surface area contributed by atoms with Gasteiger partial charge < -0.3 is 15.4 Å². The van der Waals surface area contributed by atoms with E-state index < -0.39 is 0 Å². The van der Waals surface area contributed by atoms with Crippen LogP contribution in [0.4, 0.5) is 11.8 Å². The summed E-state index contributed by atoms with van der Waals surface area (Å²) in [6.45, 7) is 3.90. The zero-order chi connectivity index (χ0) is 13.9. The smallest absolute Gasteiger partial charge is 0.226 e. The molecule has 1 aliphatic heterocycles. The molecule has 2 aromatic heterocycles. The SMILES string of the molecule is CNc1nc(NC(C)C2CCOCC2)c2cn[nH]c2n1. The van der Waals surface area contributed by atoms with Gasteiger partial charge in [0.15, 0.2) is 5.65 Å². The van der Waals surface area contributed by atoms with Crippen molar-refractivity contribution in [2.45, 2.75) is 25.8 Å². The molecule has 1 unspecified atom stereocenters. The van der Waals surface area contributed by atoms with E-state index in [4.69, 9.17) is 4.74 Å². The van der Waals surface area contributed by atoms with Crippen molar-refractivity contribution in [1.82, 2.24) is 20.2 Å². The van der Waals surface area contributed by atoms with Gasteiger partial charge in [-0.15, -0.1) is 0 Å². The van der Waals surface area contributed by atoms with E-state index in [2.05, 4.69) is 37.7 Å². The van der Waals surface area contributed by atoms with Gasteiger partial charge in [-0.2, -0.15) is 15.1 Å². The molecule has 0 saturated carbocycles. The summed E-state index contributed by atoms with van der Waals surface area (Å²) in [4.78, 5) is 8.84.